The molecule has 2 heterocycles. The first-order valence-electron chi connectivity index (χ1n) is 6.01. The van der Waals surface area contributed by atoms with Crippen LogP contribution in [0.15, 0.2) is 41.2 Å². The van der Waals surface area contributed by atoms with Crippen LogP contribution >= 0.6 is 15.9 Å². The molecule has 0 fully saturated rings. The SMILES string of the molecule is [2H]c1nn(-c2c([2H])nc(Br)c([2H])c2[2H])c([2H])c1[2H]. The number of halogens is 1. The Balaban J connectivity index is 2.79. The van der Waals surface area contributed by atoms with E-state index >= 15 is 0 Å². The summed E-state index contributed by atoms with van der Waals surface area (Å²) in [4.78, 5) is 3.70. The third-order valence-corrected chi connectivity index (χ3v) is 1.50. The normalized spacial score (nSPS) is 17.1. The van der Waals surface area contributed by atoms with Gasteiger partial charge in [0.25, 0.3) is 0 Å². The Kier molecular flexibility index (Phi) is 0.842. The van der Waals surface area contributed by atoms with Crippen LogP contribution in [0.3, 0.4) is 0 Å². The topological polar surface area (TPSA) is 30.7 Å². The Hall–Kier alpha value is -1.16. The molecule has 0 saturated carbocycles. The summed E-state index contributed by atoms with van der Waals surface area (Å²) < 4.78 is 46.2. The number of nitrogens with zero attached hydrogens (tertiary/aromatic N) is 3. The third kappa shape index (κ3) is 1.38. The first kappa shape index (κ1) is 3.30. The number of hydrogen-bond acceptors (Lipinski definition) is 2. The van der Waals surface area contributed by atoms with E-state index in [9.17, 15) is 0 Å². The van der Waals surface area contributed by atoms with Crippen LogP contribution in [0.4, 0.5) is 0 Å². The van der Waals surface area contributed by atoms with Crippen LogP contribution in [-0.4, -0.2) is 14.8 Å². The van der Waals surface area contributed by atoms with Crippen molar-refractivity contribution in [3.05, 3.63) is 41.2 Å². The van der Waals surface area contributed by atoms with Gasteiger partial charge in [-0.3, -0.25) is 0 Å². The highest BCUT2D eigenvalue weighted by atomic mass is 79.9. The number of rotatable bonds is 1. The Labute approximate surface area is 86.6 Å². The molecule has 2 aromatic heterocycles. The molecule has 0 amide bonds. The lowest BCUT2D eigenvalue weighted by Crippen LogP contribution is -1.94. The summed E-state index contributed by atoms with van der Waals surface area (Å²) in [5.41, 5.74) is -0.180. The van der Waals surface area contributed by atoms with Gasteiger partial charge in [-0.1, -0.05) is 0 Å². The fourth-order valence-corrected chi connectivity index (χ4v) is 0.841. The van der Waals surface area contributed by atoms with Crippen molar-refractivity contribution in [3.8, 4) is 5.69 Å². The van der Waals surface area contributed by atoms with Crippen molar-refractivity contribution in [2.45, 2.75) is 0 Å². The zero-order valence-electron chi connectivity index (χ0n) is 11.7. The molecule has 0 N–H and O–H groups in total. The van der Waals surface area contributed by atoms with Gasteiger partial charge in [0, 0.05) is 12.3 Å². The van der Waals surface area contributed by atoms with Gasteiger partial charge in [0.2, 0.25) is 0 Å². The summed E-state index contributed by atoms with van der Waals surface area (Å²) in [6, 6.07) is -0.977. The zero-order valence-corrected chi connectivity index (χ0v) is 7.31. The first-order valence-corrected chi connectivity index (χ1v) is 3.80. The molecular weight excluding hydrogens is 218 g/mol. The monoisotopic (exact) mass is 229 g/mol. The molecule has 0 aliphatic heterocycles. The van der Waals surface area contributed by atoms with Gasteiger partial charge in [0.1, 0.15) is 4.60 Å². The fraction of sp³-hybridized carbons (Fsp3) is 0. The van der Waals surface area contributed by atoms with Gasteiger partial charge >= 0.3 is 0 Å². The molecule has 12 heavy (non-hydrogen) atoms. The van der Waals surface area contributed by atoms with Crippen LogP contribution in [0.5, 0.6) is 0 Å². The maximum absolute atomic E-state index is 7.75. The van der Waals surface area contributed by atoms with E-state index in [1.807, 2.05) is 0 Å². The quantitative estimate of drug-likeness (QED) is 0.701. The van der Waals surface area contributed by atoms with Crippen molar-refractivity contribution in [3.63, 3.8) is 0 Å². The highest BCUT2D eigenvalue weighted by Crippen LogP contribution is 2.08. The largest absolute Gasteiger partial charge is 0.247 e. The van der Waals surface area contributed by atoms with Crippen LogP contribution in [0, 0.1) is 0 Å². The second-order valence-electron chi connectivity index (χ2n) is 1.87. The lowest BCUT2D eigenvalue weighted by atomic mass is 10.4. The van der Waals surface area contributed by atoms with Crippen LogP contribution in [0.2, 0.25) is 0 Å². The Morgan fingerprint density at radius 1 is 1.50 bits per heavy atom. The van der Waals surface area contributed by atoms with Crippen molar-refractivity contribution < 1.29 is 8.22 Å². The van der Waals surface area contributed by atoms with E-state index in [1.54, 1.807) is 0 Å². The van der Waals surface area contributed by atoms with Gasteiger partial charge in [0.15, 0.2) is 0 Å². The Morgan fingerprint density at radius 2 is 2.42 bits per heavy atom. The highest BCUT2D eigenvalue weighted by Gasteiger charge is 1.94. The Bertz CT molecular complexity index is 640. The minimum Gasteiger partial charge on any atom is -0.247 e. The second kappa shape index (κ2) is 3.06. The summed E-state index contributed by atoms with van der Waals surface area (Å²) in [6.45, 7) is 0. The first-order chi connectivity index (χ1) is 8.34. The summed E-state index contributed by atoms with van der Waals surface area (Å²) in [5.74, 6) is 0. The van der Waals surface area contributed by atoms with E-state index in [2.05, 4.69) is 26.0 Å². The van der Waals surface area contributed by atoms with E-state index in [-0.39, 0.29) is 28.5 Å². The second-order valence-corrected chi connectivity index (χ2v) is 2.62. The van der Waals surface area contributed by atoms with E-state index in [0.717, 1.165) is 4.68 Å². The molecule has 0 aliphatic rings. The van der Waals surface area contributed by atoms with Crippen LogP contribution < -0.4 is 0 Å². The molecular formula is C8H6BrN3. The molecule has 4 heteroatoms. The smallest absolute Gasteiger partial charge is 0.106 e. The van der Waals surface area contributed by atoms with Crippen molar-refractivity contribution in [2.75, 3.05) is 0 Å². The van der Waals surface area contributed by atoms with E-state index < -0.39 is 18.4 Å². The maximum Gasteiger partial charge on any atom is 0.106 e. The minimum absolute atomic E-state index is 0.0529. The molecule has 0 aliphatic carbocycles. The van der Waals surface area contributed by atoms with Crippen LogP contribution in [0.1, 0.15) is 8.22 Å². The summed E-state index contributed by atoms with van der Waals surface area (Å²) in [6.07, 6.45) is -1.18. The molecule has 0 spiro atoms. The summed E-state index contributed by atoms with van der Waals surface area (Å²) in [7, 11) is 0. The molecule has 0 radical (unpaired) electrons. The van der Waals surface area contributed by atoms with Crippen LogP contribution in [-0.2, 0) is 0 Å². The van der Waals surface area contributed by atoms with Gasteiger partial charge in [0.05, 0.1) is 20.1 Å². The molecule has 2 aromatic rings. The van der Waals surface area contributed by atoms with Crippen molar-refractivity contribution in [1.82, 2.24) is 14.8 Å². The standard InChI is InChI=1S/C8H6BrN3/c9-8-3-2-7(6-10-8)12-5-1-4-11-12/h1-6H/i1D,2D,3D,4D,5D,6D. The van der Waals surface area contributed by atoms with Crippen LogP contribution in [0.25, 0.3) is 5.69 Å². The molecule has 60 valence electrons. The Morgan fingerprint density at radius 3 is 3.17 bits per heavy atom. The van der Waals surface area contributed by atoms with E-state index in [4.69, 9.17) is 8.22 Å². The predicted molar refractivity (Wildman–Crippen MR) is 49.1 cm³/mol. The lowest BCUT2D eigenvalue weighted by molar-refractivity contribution is 0.872. The number of hydrogen-bond donors (Lipinski definition) is 0. The molecule has 0 unspecified atom stereocenters. The molecule has 0 atom stereocenters. The van der Waals surface area contributed by atoms with Gasteiger partial charge in [-0.15, -0.1) is 0 Å². The zero-order chi connectivity index (χ0) is 13.6. The molecule has 2 rings (SSSR count). The highest BCUT2D eigenvalue weighted by molar-refractivity contribution is 9.10. The molecule has 0 aromatic carbocycles. The molecule has 3 nitrogen and oxygen atoms in total. The lowest BCUT2D eigenvalue weighted by Gasteiger charge is -1.98. The maximum atomic E-state index is 7.75. The summed E-state index contributed by atoms with van der Waals surface area (Å²) in [5, 5.41) is 3.60. The van der Waals surface area contributed by atoms with Gasteiger partial charge in [-0.05, 0) is 34.1 Å². The summed E-state index contributed by atoms with van der Waals surface area (Å²) >= 11 is 2.95. The van der Waals surface area contributed by atoms with Gasteiger partial charge in [-0.2, -0.15) is 5.10 Å². The molecule has 0 saturated heterocycles. The van der Waals surface area contributed by atoms with E-state index in [0.29, 0.717) is 0 Å². The number of aromatic nitrogens is 3. The minimum atomic E-state index is -0.423. The number of pyridine rings is 1. The van der Waals surface area contributed by atoms with Crippen molar-refractivity contribution in [2.24, 2.45) is 0 Å². The molecule has 0 bridgehead atoms. The van der Waals surface area contributed by atoms with Crippen molar-refractivity contribution >= 4 is 15.9 Å². The van der Waals surface area contributed by atoms with Gasteiger partial charge in [-0.25, -0.2) is 9.67 Å². The van der Waals surface area contributed by atoms with Crippen molar-refractivity contribution in [1.29, 1.82) is 0 Å². The fourth-order valence-electron chi connectivity index (χ4n) is 0.653. The predicted octanol–water partition coefficient (Wildman–Crippen LogP) is 2.03. The van der Waals surface area contributed by atoms with Gasteiger partial charge < -0.3 is 0 Å². The third-order valence-electron chi connectivity index (χ3n) is 1.12. The van der Waals surface area contributed by atoms with E-state index in [1.165, 1.54) is 0 Å². The average Bonchev–Trinajstić information content (AvgIpc) is 2.55. The average molecular weight is 230 g/mol.